The molecule has 0 radical (unpaired) electrons. The molecule has 0 aliphatic carbocycles. The highest BCUT2D eigenvalue weighted by Crippen LogP contribution is 2.30. The van der Waals surface area contributed by atoms with Crippen LogP contribution in [0.4, 0.5) is 0 Å². The number of hydrogen-bond acceptors (Lipinski definition) is 2. The van der Waals surface area contributed by atoms with Crippen molar-refractivity contribution in [2.24, 2.45) is 0 Å². The van der Waals surface area contributed by atoms with Crippen LogP contribution >= 0.6 is 0 Å². The molecule has 0 saturated heterocycles. The maximum atomic E-state index is 5.33. The highest BCUT2D eigenvalue weighted by Gasteiger charge is 2.18. The zero-order valence-electron chi connectivity index (χ0n) is 10.4. The third kappa shape index (κ3) is 1.53. The van der Waals surface area contributed by atoms with E-state index in [1.54, 1.807) is 7.11 Å². The highest BCUT2D eigenvalue weighted by molar-refractivity contribution is 5.87. The van der Waals surface area contributed by atoms with Gasteiger partial charge in [0.2, 0.25) is 0 Å². The molecule has 1 N–H and O–H groups in total. The van der Waals surface area contributed by atoms with Crippen molar-refractivity contribution < 1.29 is 4.74 Å². The summed E-state index contributed by atoms with van der Waals surface area (Å²) < 4.78 is 7.76. The van der Waals surface area contributed by atoms with Gasteiger partial charge in [0, 0.05) is 36.8 Å². The van der Waals surface area contributed by atoms with Gasteiger partial charge in [-0.05, 0) is 24.1 Å². The summed E-state index contributed by atoms with van der Waals surface area (Å²) >= 11 is 0. The van der Waals surface area contributed by atoms with Gasteiger partial charge in [-0.15, -0.1) is 0 Å². The Labute approximate surface area is 101 Å². The number of nitrogens with zero attached hydrogens (tertiary/aromatic N) is 1. The first kappa shape index (κ1) is 10.7. The monoisotopic (exact) mass is 230 g/mol. The lowest BCUT2D eigenvalue weighted by Gasteiger charge is -2.18. The number of hydrogen-bond donors (Lipinski definition) is 1. The zero-order chi connectivity index (χ0) is 11.8. The molecule has 0 atom stereocenters. The van der Waals surface area contributed by atoms with Gasteiger partial charge in [-0.2, -0.15) is 0 Å². The van der Waals surface area contributed by atoms with E-state index in [-0.39, 0.29) is 0 Å². The standard InChI is InChI=1S/C14H18N2O/c1-3-11-12-5-4-10(17-2)8-13(12)16-7-6-15-9-14(11)16/h4-5,8,15H,3,6-7,9H2,1-2H3. The summed E-state index contributed by atoms with van der Waals surface area (Å²) in [5, 5.41) is 4.83. The lowest BCUT2D eigenvalue weighted by molar-refractivity contribution is 0.415. The van der Waals surface area contributed by atoms with Crippen molar-refractivity contribution in [3.05, 3.63) is 29.5 Å². The smallest absolute Gasteiger partial charge is 0.120 e. The number of fused-ring (bicyclic) bond motifs is 3. The van der Waals surface area contributed by atoms with Gasteiger partial charge in [-0.1, -0.05) is 6.92 Å². The molecule has 2 aromatic rings. The second-order valence-corrected chi connectivity index (χ2v) is 4.49. The van der Waals surface area contributed by atoms with Crippen molar-refractivity contribution in [2.45, 2.75) is 26.4 Å². The van der Waals surface area contributed by atoms with Gasteiger partial charge >= 0.3 is 0 Å². The molecule has 1 aliphatic heterocycles. The predicted molar refractivity (Wildman–Crippen MR) is 69.6 cm³/mol. The Morgan fingerprint density at radius 2 is 2.29 bits per heavy atom. The summed E-state index contributed by atoms with van der Waals surface area (Å²) in [6.07, 6.45) is 1.09. The molecule has 0 amide bonds. The Kier molecular flexibility index (Phi) is 2.56. The molecule has 3 heteroatoms. The summed E-state index contributed by atoms with van der Waals surface area (Å²) in [6, 6.07) is 6.41. The Hall–Kier alpha value is -1.48. The molecule has 90 valence electrons. The molecule has 1 aliphatic rings. The van der Waals surface area contributed by atoms with E-state index in [4.69, 9.17) is 4.74 Å². The number of aromatic nitrogens is 1. The van der Waals surface area contributed by atoms with Gasteiger partial charge in [0.15, 0.2) is 0 Å². The van der Waals surface area contributed by atoms with Gasteiger partial charge in [0.1, 0.15) is 5.75 Å². The molecule has 1 aromatic carbocycles. The second-order valence-electron chi connectivity index (χ2n) is 4.49. The van der Waals surface area contributed by atoms with Crippen LogP contribution in [0.5, 0.6) is 5.75 Å². The first-order chi connectivity index (χ1) is 8.35. The van der Waals surface area contributed by atoms with Crippen LogP contribution in [0, 0.1) is 0 Å². The van der Waals surface area contributed by atoms with Crippen LogP contribution in [-0.4, -0.2) is 18.2 Å². The minimum atomic E-state index is 0.944. The van der Waals surface area contributed by atoms with E-state index in [1.807, 2.05) is 0 Å². The zero-order valence-corrected chi connectivity index (χ0v) is 10.4. The molecule has 0 bridgehead atoms. The molecule has 0 spiro atoms. The van der Waals surface area contributed by atoms with Crippen molar-refractivity contribution in [3.8, 4) is 5.75 Å². The van der Waals surface area contributed by atoms with Crippen LogP contribution in [-0.2, 0) is 19.5 Å². The number of rotatable bonds is 2. The lowest BCUT2D eigenvalue weighted by Crippen LogP contribution is -2.28. The Balaban J connectivity index is 2.31. The third-order valence-corrected chi connectivity index (χ3v) is 3.65. The van der Waals surface area contributed by atoms with Gasteiger partial charge in [0.05, 0.1) is 12.6 Å². The van der Waals surface area contributed by atoms with Crippen LogP contribution in [0.15, 0.2) is 18.2 Å². The first-order valence-electron chi connectivity index (χ1n) is 6.24. The maximum Gasteiger partial charge on any atom is 0.120 e. The summed E-state index contributed by atoms with van der Waals surface area (Å²) in [6.45, 7) is 5.32. The molecule has 17 heavy (non-hydrogen) atoms. The number of methoxy groups -OCH3 is 1. The largest absolute Gasteiger partial charge is 0.497 e. The van der Waals surface area contributed by atoms with Crippen LogP contribution in [0.2, 0.25) is 0 Å². The quantitative estimate of drug-likeness (QED) is 0.857. The van der Waals surface area contributed by atoms with E-state index in [9.17, 15) is 0 Å². The molecule has 0 saturated carbocycles. The predicted octanol–water partition coefficient (Wildman–Crippen LogP) is 2.32. The van der Waals surface area contributed by atoms with Gasteiger partial charge < -0.3 is 14.6 Å². The Morgan fingerprint density at radius 3 is 3.06 bits per heavy atom. The van der Waals surface area contributed by atoms with Crippen LogP contribution in [0.25, 0.3) is 10.9 Å². The molecule has 2 heterocycles. The minimum Gasteiger partial charge on any atom is -0.497 e. The van der Waals surface area contributed by atoms with E-state index in [0.29, 0.717) is 0 Å². The fourth-order valence-electron chi connectivity index (χ4n) is 2.83. The average Bonchev–Trinajstić information content (AvgIpc) is 2.71. The lowest BCUT2D eigenvalue weighted by atomic mass is 10.1. The van der Waals surface area contributed by atoms with Crippen molar-refractivity contribution in [1.29, 1.82) is 0 Å². The molecule has 0 fully saturated rings. The van der Waals surface area contributed by atoms with E-state index in [1.165, 1.54) is 22.2 Å². The number of aryl methyl sites for hydroxylation is 1. The Bertz CT molecular complexity index is 557. The average molecular weight is 230 g/mol. The minimum absolute atomic E-state index is 0.944. The van der Waals surface area contributed by atoms with E-state index in [0.717, 1.165) is 31.8 Å². The van der Waals surface area contributed by atoms with E-state index < -0.39 is 0 Å². The summed E-state index contributed by atoms with van der Waals surface area (Å²) in [5.74, 6) is 0.944. The molecular formula is C14H18N2O. The first-order valence-corrected chi connectivity index (χ1v) is 6.24. The topological polar surface area (TPSA) is 26.2 Å². The summed E-state index contributed by atoms with van der Waals surface area (Å²) in [4.78, 5) is 0. The fraction of sp³-hybridized carbons (Fsp3) is 0.429. The van der Waals surface area contributed by atoms with E-state index >= 15 is 0 Å². The normalized spacial score (nSPS) is 14.9. The van der Waals surface area contributed by atoms with Crippen molar-refractivity contribution in [1.82, 2.24) is 9.88 Å². The molecular weight excluding hydrogens is 212 g/mol. The number of nitrogens with one attached hydrogen (secondary N) is 1. The third-order valence-electron chi connectivity index (χ3n) is 3.65. The summed E-state index contributed by atoms with van der Waals surface area (Å²) in [5.41, 5.74) is 4.24. The highest BCUT2D eigenvalue weighted by atomic mass is 16.5. The van der Waals surface area contributed by atoms with Crippen LogP contribution in [0.3, 0.4) is 0 Å². The Morgan fingerprint density at radius 1 is 1.41 bits per heavy atom. The van der Waals surface area contributed by atoms with Crippen molar-refractivity contribution in [3.63, 3.8) is 0 Å². The number of benzene rings is 1. The maximum absolute atomic E-state index is 5.33. The molecule has 1 aromatic heterocycles. The molecule has 3 rings (SSSR count). The van der Waals surface area contributed by atoms with Gasteiger partial charge in [-0.25, -0.2) is 0 Å². The van der Waals surface area contributed by atoms with Crippen molar-refractivity contribution in [2.75, 3.05) is 13.7 Å². The molecule has 0 unspecified atom stereocenters. The summed E-state index contributed by atoms with van der Waals surface area (Å²) in [7, 11) is 1.73. The number of ether oxygens (including phenoxy) is 1. The van der Waals surface area contributed by atoms with Crippen LogP contribution in [0.1, 0.15) is 18.2 Å². The van der Waals surface area contributed by atoms with Gasteiger partial charge in [0.25, 0.3) is 0 Å². The second kappa shape index (κ2) is 4.08. The fourth-order valence-corrected chi connectivity index (χ4v) is 2.83. The molecule has 3 nitrogen and oxygen atoms in total. The van der Waals surface area contributed by atoms with Gasteiger partial charge in [-0.3, -0.25) is 0 Å². The van der Waals surface area contributed by atoms with E-state index in [2.05, 4.69) is 35.0 Å². The van der Waals surface area contributed by atoms with Crippen molar-refractivity contribution >= 4 is 10.9 Å². The van der Waals surface area contributed by atoms with Crippen LogP contribution < -0.4 is 10.1 Å². The SMILES string of the molecule is CCc1c2n(c3cc(OC)ccc13)CCNC2.